The number of sulfonamides is 3. The first-order chi connectivity index (χ1) is 45.8. The number of hydrogen-bond acceptors (Lipinski definition) is 15. The summed E-state index contributed by atoms with van der Waals surface area (Å²) in [6, 6.07) is 29.4. The second kappa shape index (κ2) is 36.9. The Kier molecular flexibility index (Phi) is 30.2. The van der Waals surface area contributed by atoms with Crippen LogP contribution in [0.25, 0.3) is 0 Å². The second-order valence-electron chi connectivity index (χ2n) is 23.7. The number of halogens is 4. The lowest BCUT2D eigenvalue weighted by Crippen LogP contribution is -2.26. The highest BCUT2D eigenvalue weighted by Gasteiger charge is 2.39. The Labute approximate surface area is 583 Å². The molecule has 6 aromatic carbocycles. The zero-order valence-corrected chi connectivity index (χ0v) is 59.9. The van der Waals surface area contributed by atoms with Crippen LogP contribution in [0.5, 0.6) is 0 Å². The third-order valence-corrected chi connectivity index (χ3v) is 23.3. The quantitative estimate of drug-likeness (QED) is 0.0248. The number of ether oxygens (including phenoxy) is 3. The summed E-state index contributed by atoms with van der Waals surface area (Å²) in [7, 11) is -6.81. The number of anilines is 3. The second-order valence-corrected chi connectivity index (χ2v) is 30.4. The summed E-state index contributed by atoms with van der Waals surface area (Å²) in [6.45, 7) is 11.9. The monoisotopic (exact) mass is 1440 g/mol. The molecule has 0 bridgehead atoms. The van der Waals surface area contributed by atoms with Crippen LogP contribution >= 0.6 is 23.2 Å². The standard InChI is InChI=1S/C24H31ClN2O4S.C24H31FN2O4S.C23H28ClFN2O4S.CH4/c2*1-4-31-23(28)13-7-5-6-10-14-26-24-18-11-8-9-12-21(18)27(3)32(29,30)22-15-17(2)20(25)16-19(22)24;1-3-31-22(28)12-6-4-5-9-13-26-23-16-10-7-8-11-20(16)27(2)32(29,30)21-15-18(24)19(25)14-17(21)23;/h2*8-9,11-12,15-16,24,26H,4-7,10,13-14H2,1-3H3;7-8,10-11,14-15,23,26H,3-6,9,12-13H2,1-2H3;1H4. The summed E-state index contributed by atoms with van der Waals surface area (Å²) in [5, 5.41) is 10.7. The van der Waals surface area contributed by atoms with Crippen LogP contribution in [0, 0.1) is 25.5 Å². The maximum atomic E-state index is 14.5. The molecule has 18 nitrogen and oxygen atoms in total. The van der Waals surface area contributed by atoms with Crippen LogP contribution < -0.4 is 28.9 Å². The van der Waals surface area contributed by atoms with Gasteiger partial charge < -0.3 is 30.2 Å². The van der Waals surface area contributed by atoms with Crippen molar-refractivity contribution in [2.75, 3.05) is 73.5 Å². The normalized spacial score (nSPS) is 16.6. The molecule has 3 heterocycles. The molecule has 3 unspecified atom stereocenters. The summed E-state index contributed by atoms with van der Waals surface area (Å²) in [5.74, 6) is -1.57. The van der Waals surface area contributed by atoms with E-state index in [1.54, 1.807) is 64.2 Å². The topological polar surface area (TPSA) is 227 Å². The number of benzene rings is 6. The van der Waals surface area contributed by atoms with Gasteiger partial charge in [0.25, 0.3) is 30.1 Å². The van der Waals surface area contributed by atoms with Gasteiger partial charge in [-0.05, 0) is 192 Å². The summed E-state index contributed by atoms with van der Waals surface area (Å²) < 4.78 is 127. The van der Waals surface area contributed by atoms with Gasteiger partial charge in [0, 0.05) is 45.4 Å². The van der Waals surface area contributed by atoms with E-state index in [-0.39, 0.29) is 51.1 Å². The van der Waals surface area contributed by atoms with E-state index in [9.17, 15) is 48.4 Å². The molecule has 0 fully saturated rings. The number of unbranched alkanes of at least 4 members (excludes halogenated alkanes) is 9. The molecule has 3 atom stereocenters. The summed E-state index contributed by atoms with van der Waals surface area (Å²) in [6.07, 6.45) is 11.8. The molecule has 3 aliphatic heterocycles. The molecule has 0 radical (unpaired) electrons. The van der Waals surface area contributed by atoms with Crippen molar-refractivity contribution < 1.29 is 62.6 Å². The van der Waals surface area contributed by atoms with Crippen molar-refractivity contribution in [3.05, 3.63) is 175 Å². The van der Waals surface area contributed by atoms with Crippen LogP contribution in [-0.4, -0.2) is 104 Å². The molecule has 25 heteroatoms. The van der Waals surface area contributed by atoms with Crippen LogP contribution in [-0.2, 0) is 58.7 Å². The van der Waals surface area contributed by atoms with Crippen molar-refractivity contribution in [1.82, 2.24) is 16.0 Å². The van der Waals surface area contributed by atoms with E-state index in [1.807, 2.05) is 62.4 Å². The fraction of sp³-hybridized carbons (Fsp3) is 0.458. The molecule has 0 saturated carbocycles. The number of aryl methyl sites for hydroxylation is 2. The van der Waals surface area contributed by atoms with Crippen molar-refractivity contribution >= 4 is 88.2 Å². The highest BCUT2D eigenvalue weighted by molar-refractivity contribution is 7.93. The first-order valence-corrected chi connectivity index (χ1v) is 37.9. The molecule has 0 aromatic heterocycles. The van der Waals surface area contributed by atoms with Gasteiger partial charge in [-0.1, -0.05) is 124 Å². The number of nitrogens with one attached hydrogen (secondary N) is 3. The Balaban J connectivity index is 0.000000229. The van der Waals surface area contributed by atoms with E-state index in [0.717, 1.165) is 99.3 Å². The Morgan fingerprint density at radius 3 is 1.06 bits per heavy atom. The third-order valence-electron chi connectivity index (χ3n) is 17.1. The van der Waals surface area contributed by atoms with Crippen LogP contribution in [0.1, 0.15) is 187 Å². The number of carbonyl (C=O) groups is 3. The van der Waals surface area contributed by atoms with Gasteiger partial charge in [0.15, 0.2) is 0 Å². The summed E-state index contributed by atoms with van der Waals surface area (Å²) in [4.78, 5) is 34.7. The molecule has 530 valence electrons. The lowest BCUT2D eigenvalue weighted by atomic mass is 9.95. The van der Waals surface area contributed by atoms with Crippen molar-refractivity contribution in [3.8, 4) is 0 Å². The minimum atomic E-state index is -3.90. The Bertz CT molecular complexity index is 3630. The molecular formula is C72H94Cl2F2N6O12S3. The maximum absolute atomic E-state index is 14.5. The predicted octanol–water partition coefficient (Wildman–Crippen LogP) is 14.9. The third kappa shape index (κ3) is 19.8. The van der Waals surface area contributed by atoms with Crippen LogP contribution in [0.15, 0.2) is 124 Å². The highest BCUT2D eigenvalue weighted by atomic mass is 35.5. The van der Waals surface area contributed by atoms with Crippen LogP contribution in [0.3, 0.4) is 0 Å². The Morgan fingerprint density at radius 1 is 0.412 bits per heavy atom. The van der Waals surface area contributed by atoms with Crippen molar-refractivity contribution in [2.24, 2.45) is 0 Å². The molecule has 0 saturated heterocycles. The fourth-order valence-electron chi connectivity index (χ4n) is 12.0. The molecule has 9 rings (SSSR count). The van der Waals surface area contributed by atoms with Gasteiger partial charge in [-0.3, -0.25) is 27.3 Å². The van der Waals surface area contributed by atoms with E-state index in [2.05, 4.69) is 16.0 Å². The Hall–Kier alpha value is -6.70. The lowest BCUT2D eigenvalue weighted by Gasteiger charge is -2.22. The number of fused-ring (bicyclic) bond motifs is 6. The number of carbonyl (C=O) groups excluding carboxylic acids is 3. The molecule has 3 N–H and O–H groups in total. The molecule has 0 amide bonds. The minimum absolute atomic E-state index is 0. The number of esters is 3. The molecular weight excluding hydrogens is 1350 g/mol. The maximum Gasteiger partial charge on any atom is 0.305 e. The van der Waals surface area contributed by atoms with E-state index >= 15 is 0 Å². The summed E-state index contributed by atoms with van der Waals surface area (Å²) >= 11 is 12.4. The first-order valence-electron chi connectivity index (χ1n) is 32.8. The SMILES string of the molecule is C.CCOC(=O)CCCCCCNC1c2ccccc2N(C)S(=O)(=O)c2cc(C)c(Cl)cc21.CCOC(=O)CCCCCCNC1c2ccccc2N(C)S(=O)(=O)c2cc(C)c(F)cc21.CCOC(=O)CCCCCCNC1c2ccccc2N(C)S(=O)(=O)c2cc(Cl)c(F)cc21. The fourth-order valence-corrected chi connectivity index (χ4v) is 16.9. The smallest absolute Gasteiger partial charge is 0.305 e. The van der Waals surface area contributed by atoms with Crippen LogP contribution in [0.4, 0.5) is 25.8 Å². The molecule has 3 aliphatic rings. The van der Waals surface area contributed by atoms with Gasteiger partial charge in [0.2, 0.25) is 0 Å². The number of rotatable bonds is 27. The van der Waals surface area contributed by atoms with Crippen molar-refractivity contribution in [1.29, 1.82) is 0 Å². The average Bonchev–Trinajstić information content (AvgIpc) is 1.64. The van der Waals surface area contributed by atoms with Crippen LogP contribution in [0.2, 0.25) is 10.0 Å². The van der Waals surface area contributed by atoms with Gasteiger partial charge >= 0.3 is 17.9 Å². The average molecular weight is 1440 g/mol. The largest absolute Gasteiger partial charge is 0.466 e. The van der Waals surface area contributed by atoms with Gasteiger partial charge in [0.1, 0.15) is 11.6 Å². The Morgan fingerprint density at radius 2 is 0.711 bits per heavy atom. The van der Waals surface area contributed by atoms with Gasteiger partial charge in [0.05, 0.1) is 74.7 Å². The first kappa shape index (κ1) is 79.3. The van der Waals surface area contributed by atoms with Crippen molar-refractivity contribution in [3.63, 3.8) is 0 Å². The van der Waals surface area contributed by atoms with Gasteiger partial charge in [-0.25, -0.2) is 34.0 Å². The summed E-state index contributed by atoms with van der Waals surface area (Å²) in [5.41, 5.74) is 6.67. The number of para-hydroxylation sites is 3. The molecule has 0 spiro atoms. The van der Waals surface area contributed by atoms with E-state index in [0.29, 0.717) is 103 Å². The van der Waals surface area contributed by atoms with Gasteiger partial charge in [-0.2, -0.15) is 0 Å². The van der Waals surface area contributed by atoms with E-state index in [4.69, 9.17) is 37.4 Å². The van der Waals surface area contributed by atoms with E-state index < -0.39 is 53.8 Å². The highest BCUT2D eigenvalue weighted by Crippen LogP contribution is 2.45. The predicted molar refractivity (Wildman–Crippen MR) is 380 cm³/mol. The minimum Gasteiger partial charge on any atom is -0.466 e. The molecule has 6 aromatic rings. The number of nitrogens with zero attached hydrogens (tertiary/aromatic N) is 3. The van der Waals surface area contributed by atoms with Crippen molar-refractivity contribution in [2.45, 2.75) is 171 Å². The zero-order valence-electron chi connectivity index (χ0n) is 56.0. The van der Waals surface area contributed by atoms with Gasteiger partial charge in [-0.15, -0.1) is 0 Å². The number of hydrogen-bond donors (Lipinski definition) is 3. The lowest BCUT2D eigenvalue weighted by molar-refractivity contribution is -0.144. The van der Waals surface area contributed by atoms with E-state index in [1.165, 1.54) is 51.3 Å². The molecule has 97 heavy (non-hydrogen) atoms. The zero-order chi connectivity index (χ0) is 69.9. The molecule has 0 aliphatic carbocycles.